The van der Waals surface area contributed by atoms with E-state index < -0.39 is 0 Å². The van der Waals surface area contributed by atoms with E-state index >= 15 is 0 Å². The van der Waals surface area contributed by atoms with Crippen LogP contribution in [-0.2, 0) is 0 Å². The lowest BCUT2D eigenvalue weighted by Gasteiger charge is -1.96. The van der Waals surface area contributed by atoms with Gasteiger partial charge in [0, 0.05) is 25.5 Å². The van der Waals surface area contributed by atoms with Gasteiger partial charge in [0.1, 0.15) is 0 Å². The molecule has 0 spiro atoms. The van der Waals surface area contributed by atoms with Crippen molar-refractivity contribution in [1.29, 1.82) is 0 Å². The molecule has 0 aliphatic rings. The van der Waals surface area contributed by atoms with Crippen LogP contribution in [0.1, 0.15) is 0 Å². The fraction of sp³-hybridized carbons (Fsp3) is 0.167. The van der Waals surface area contributed by atoms with Gasteiger partial charge in [0.05, 0.1) is 11.4 Å². The smallest absolute Gasteiger partial charge is 0.0886 e. The molecule has 0 amide bonds. The maximum atomic E-state index is 4.90. The summed E-state index contributed by atoms with van der Waals surface area (Å²) in [7, 11) is 0. The molecule has 2 aromatic rings. The first-order valence-corrected chi connectivity index (χ1v) is 5.11. The third-order valence-electron chi connectivity index (χ3n) is 1.76. The highest BCUT2D eigenvalue weighted by Gasteiger charge is 1.95. The Morgan fingerprint density at radius 3 is 1.44 bits per heavy atom. The quantitative estimate of drug-likeness (QED) is 0.786. The van der Waals surface area contributed by atoms with E-state index in [9.17, 15) is 0 Å². The second-order valence-corrected chi connectivity index (χ2v) is 3.01. The van der Waals surface area contributed by atoms with E-state index in [0.717, 1.165) is 11.4 Å². The van der Waals surface area contributed by atoms with E-state index in [-0.39, 0.29) is 0 Å². The summed E-state index contributed by atoms with van der Waals surface area (Å²) in [6.45, 7) is 1.19. The molecule has 0 atom stereocenters. The molecule has 0 aliphatic heterocycles. The van der Waals surface area contributed by atoms with Gasteiger partial charge in [-0.25, -0.2) is 0 Å². The Bertz CT molecular complexity index is 335. The molecule has 0 saturated heterocycles. The van der Waals surface area contributed by atoms with Crippen LogP contribution < -0.4 is 11.5 Å². The van der Waals surface area contributed by atoms with Gasteiger partial charge in [0.2, 0.25) is 0 Å². The Hall–Kier alpha value is -1.78. The van der Waals surface area contributed by atoms with Crippen molar-refractivity contribution in [2.45, 2.75) is 0 Å². The van der Waals surface area contributed by atoms with Crippen molar-refractivity contribution in [3.8, 4) is 11.4 Å². The standard InChI is InChI=1S/C10H8N2.C2H8N2/c1-3-7-11-9(5-1)10-6-2-4-8-12-10;3-1-2-4/h1-8H;1-4H2. The van der Waals surface area contributed by atoms with E-state index in [1.165, 1.54) is 0 Å². The second-order valence-electron chi connectivity index (χ2n) is 3.01. The van der Waals surface area contributed by atoms with Crippen LogP contribution in [-0.4, -0.2) is 23.1 Å². The fourth-order valence-corrected chi connectivity index (χ4v) is 1.03. The molecule has 0 radical (unpaired) electrons. The van der Waals surface area contributed by atoms with Gasteiger partial charge in [-0.15, -0.1) is 0 Å². The second kappa shape index (κ2) is 7.50. The number of hydrogen-bond acceptors (Lipinski definition) is 4. The SMILES string of the molecule is NCCN.c1ccc(-c2ccccn2)nc1. The van der Waals surface area contributed by atoms with Gasteiger partial charge in [0.25, 0.3) is 0 Å². The number of nitrogens with two attached hydrogens (primary N) is 2. The van der Waals surface area contributed by atoms with Gasteiger partial charge < -0.3 is 11.5 Å². The summed E-state index contributed by atoms with van der Waals surface area (Å²) in [5.74, 6) is 0. The lowest BCUT2D eigenvalue weighted by atomic mass is 10.2. The molecular formula is C12H16N4. The number of aromatic nitrogens is 2. The molecule has 2 rings (SSSR count). The predicted octanol–water partition coefficient (Wildman–Crippen LogP) is 1.05. The van der Waals surface area contributed by atoms with Crippen molar-refractivity contribution >= 4 is 0 Å². The molecule has 16 heavy (non-hydrogen) atoms. The monoisotopic (exact) mass is 216 g/mol. The zero-order valence-corrected chi connectivity index (χ0v) is 9.08. The molecule has 4 heteroatoms. The molecule has 4 N–H and O–H groups in total. The third-order valence-corrected chi connectivity index (χ3v) is 1.76. The minimum absolute atomic E-state index is 0.597. The minimum Gasteiger partial charge on any atom is -0.329 e. The van der Waals surface area contributed by atoms with Crippen molar-refractivity contribution in [3.05, 3.63) is 48.8 Å². The molecular weight excluding hydrogens is 200 g/mol. The van der Waals surface area contributed by atoms with Crippen molar-refractivity contribution < 1.29 is 0 Å². The summed E-state index contributed by atoms with van der Waals surface area (Å²) in [6.07, 6.45) is 3.54. The van der Waals surface area contributed by atoms with E-state index in [2.05, 4.69) is 9.97 Å². The molecule has 0 fully saturated rings. The average Bonchev–Trinajstić information content (AvgIpc) is 2.41. The Morgan fingerprint density at radius 1 is 0.750 bits per heavy atom. The van der Waals surface area contributed by atoms with Gasteiger partial charge in [-0.05, 0) is 24.3 Å². The Kier molecular flexibility index (Phi) is 5.76. The lowest BCUT2D eigenvalue weighted by molar-refractivity contribution is 0.976. The minimum atomic E-state index is 0.597. The van der Waals surface area contributed by atoms with Gasteiger partial charge in [-0.1, -0.05) is 12.1 Å². The van der Waals surface area contributed by atoms with Crippen molar-refractivity contribution in [2.75, 3.05) is 13.1 Å². The molecule has 84 valence electrons. The summed E-state index contributed by atoms with van der Waals surface area (Å²) in [5.41, 5.74) is 11.6. The first-order chi connectivity index (χ1) is 7.88. The van der Waals surface area contributed by atoms with E-state index in [0.29, 0.717) is 13.1 Å². The maximum absolute atomic E-state index is 4.90. The Balaban J connectivity index is 0.000000280. The van der Waals surface area contributed by atoms with Crippen LogP contribution in [0.4, 0.5) is 0 Å². The molecule has 2 aromatic heterocycles. The van der Waals surface area contributed by atoms with Crippen molar-refractivity contribution in [3.63, 3.8) is 0 Å². The Labute approximate surface area is 95.3 Å². The zero-order valence-electron chi connectivity index (χ0n) is 9.08. The van der Waals surface area contributed by atoms with Crippen LogP contribution in [0.5, 0.6) is 0 Å². The van der Waals surface area contributed by atoms with Crippen molar-refractivity contribution in [1.82, 2.24) is 9.97 Å². The number of hydrogen-bond donors (Lipinski definition) is 2. The van der Waals surface area contributed by atoms with Gasteiger partial charge >= 0.3 is 0 Å². The van der Waals surface area contributed by atoms with E-state index in [1.54, 1.807) is 12.4 Å². The maximum Gasteiger partial charge on any atom is 0.0886 e. The highest BCUT2D eigenvalue weighted by atomic mass is 14.7. The normalized spacial score (nSPS) is 9.12. The van der Waals surface area contributed by atoms with Crippen LogP contribution in [0.2, 0.25) is 0 Å². The fourth-order valence-electron chi connectivity index (χ4n) is 1.03. The van der Waals surface area contributed by atoms with Crippen LogP contribution in [0, 0.1) is 0 Å². The molecule has 0 bridgehead atoms. The van der Waals surface area contributed by atoms with Crippen LogP contribution >= 0.6 is 0 Å². The van der Waals surface area contributed by atoms with Gasteiger partial charge in [-0.3, -0.25) is 9.97 Å². The number of nitrogens with zero attached hydrogens (tertiary/aromatic N) is 2. The highest BCUT2D eigenvalue weighted by Crippen LogP contribution is 2.10. The third kappa shape index (κ3) is 4.16. The van der Waals surface area contributed by atoms with Crippen LogP contribution in [0.3, 0.4) is 0 Å². The zero-order chi connectivity index (χ0) is 11.6. The lowest BCUT2D eigenvalue weighted by Crippen LogP contribution is -2.11. The van der Waals surface area contributed by atoms with Crippen molar-refractivity contribution in [2.24, 2.45) is 11.5 Å². The summed E-state index contributed by atoms with van der Waals surface area (Å²) >= 11 is 0. The molecule has 0 unspecified atom stereocenters. The summed E-state index contributed by atoms with van der Waals surface area (Å²) in [6, 6.07) is 11.6. The average molecular weight is 216 g/mol. The molecule has 4 nitrogen and oxygen atoms in total. The topological polar surface area (TPSA) is 77.8 Å². The summed E-state index contributed by atoms with van der Waals surface area (Å²) < 4.78 is 0. The predicted molar refractivity (Wildman–Crippen MR) is 65.6 cm³/mol. The Morgan fingerprint density at radius 2 is 1.19 bits per heavy atom. The molecule has 0 aromatic carbocycles. The first-order valence-electron chi connectivity index (χ1n) is 5.11. The largest absolute Gasteiger partial charge is 0.329 e. The summed E-state index contributed by atoms with van der Waals surface area (Å²) in [4.78, 5) is 8.37. The van der Waals surface area contributed by atoms with E-state index in [1.807, 2.05) is 36.4 Å². The number of pyridine rings is 2. The first kappa shape index (κ1) is 12.3. The van der Waals surface area contributed by atoms with E-state index in [4.69, 9.17) is 11.5 Å². The van der Waals surface area contributed by atoms with Crippen LogP contribution in [0.25, 0.3) is 11.4 Å². The molecule has 2 heterocycles. The highest BCUT2D eigenvalue weighted by molar-refractivity contribution is 5.52. The van der Waals surface area contributed by atoms with Gasteiger partial charge in [-0.2, -0.15) is 0 Å². The van der Waals surface area contributed by atoms with Crippen LogP contribution in [0.15, 0.2) is 48.8 Å². The van der Waals surface area contributed by atoms with Gasteiger partial charge in [0.15, 0.2) is 0 Å². The summed E-state index contributed by atoms with van der Waals surface area (Å²) in [5, 5.41) is 0. The molecule has 0 aliphatic carbocycles. The molecule has 0 saturated carbocycles. The number of rotatable bonds is 2.